The van der Waals surface area contributed by atoms with Gasteiger partial charge in [0.2, 0.25) is 0 Å². The van der Waals surface area contributed by atoms with Crippen molar-refractivity contribution in [3.63, 3.8) is 0 Å². The summed E-state index contributed by atoms with van der Waals surface area (Å²) in [4.78, 5) is 1.63. The number of nitrogens with two attached hydrogens (primary N) is 1. The van der Waals surface area contributed by atoms with Crippen LogP contribution in [0, 0.1) is 0 Å². The molecule has 0 saturated carbocycles. The molecule has 0 bridgehead atoms. The van der Waals surface area contributed by atoms with Gasteiger partial charge in [0.1, 0.15) is 0 Å². The largest absolute Gasteiger partial charge is 0.399 e. The van der Waals surface area contributed by atoms with Gasteiger partial charge in [0.25, 0.3) is 10.1 Å². The Hall–Kier alpha value is -1.27. The van der Waals surface area contributed by atoms with Gasteiger partial charge in [-0.3, -0.25) is 4.55 Å². The maximum atomic E-state index is 11.3. The van der Waals surface area contributed by atoms with Crippen LogP contribution >= 0.6 is 0 Å². The molecular weight excluding hydrogens is 240 g/mol. The second kappa shape index (κ2) is 5.37. The van der Waals surface area contributed by atoms with E-state index in [2.05, 4.69) is 0 Å². The van der Waals surface area contributed by atoms with Crippen LogP contribution in [0.3, 0.4) is 0 Å². The van der Waals surface area contributed by atoms with Crippen LogP contribution in [-0.4, -0.2) is 24.9 Å². The standard InChI is InChI=1S/C11H18N2O3S/c1-3-11(17(14,15)16)13(4-2)10-7-5-9(12)6-8-10/h5-8,11H,3-4,12H2,1-2H3,(H,14,15,16). The fourth-order valence-electron chi connectivity index (χ4n) is 1.81. The first kappa shape index (κ1) is 13.8. The Bertz CT molecular complexity index is 456. The molecule has 0 aromatic heterocycles. The van der Waals surface area contributed by atoms with Crippen LogP contribution in [-0.2, 0) is 10.1 Å². The molecule has 1 unspecified atom stereocenters. The van der Waals surface area contributed by atoms with Crippen molar-refractivity contribution in [1.29, 1.82) is 0 Å². The van der Waals surface area contributed by atoms with Crippen molar-refractivity contribution < 1.29 is 13.0 Å². The van der Waals surface area contributed by atoms with E-state index >= 15 is 0 Å². The molecule has 1 aromatic rings. The molecule has 0 aliphatic heterocycles. The first-order chi connectivity index (χ1) is 7.90. The fraction of sp³-hybridized carbons (Fsp3) is 0.455. The highest BCUT2D eigenvalue weighted by molar-refractivity contribution is 7.86. The van der Waals surface area contributed by atoms with E-state index in [-0.39, 0.29) is 0 Å². The molecule has 0 heterocycles. The summed E-state index contributed by atoms with van der Waals surface area (Å²) in [5.41, 5.74) is 6.92. The van der Waals surface area contributed by atoms with Gasteiger partial charge in [-0.2, -0.15) is 8.42 Å². The lowest BCUT2D eigenvalue weighted by Crippen LogP contribution is -2.40. The highest BCUT2D eigenvalue weighted by Crippen LogP contribution is 2.22. The molecule has 1 aromatic carbocycles. The first-order valence-electron chi connectivity index (χ1n) is 5.48. The lowest BCUT2D eigenvalue weighted by Gasteiger charge is -2.29. The molecule has 3 N–H and O–H groups in total. The van der Waals surface area contributed by atoms with Crippen LogP contribution in [0.1, 0.15) is 20.3 Å². The van der Waals surface area contributed by atoms with E-state index in [4.69, 9.17) is 5.73 Å². The fourth-order valence-corrected chi connectivity index (χ4v) is 2.82. The Kier molecular flexibility index (Phi) is 4.36. The maximum Gasteiger partial charge on any atom is 0.286 e. The van der Waals surface area contributed by atoms with Crippen molar-refractivity contribution in [2.45, 2.75) is 25.6 Å². The van der Waals surface area contributed by atoms with Gasteiger partial charge >= 0.3 is 0 Å². The predicted molar refractivity (Wildman–Crippen MR) is 69.5 cm³/mol. The number of rotatable bonds is 5. The zero-order chi connectivity index (χ0) is 13.1. The van der Waals surface area contributed by atoms with Crippen molar-refractivity contribution in [2.75, 3.05) is 17.2 Å². The van der Waals surface area contributed by atoms with Gasteiger partial charge < -0.3 is 10.6 Å². The molecule has 0 amide bonds. The van der Waals surface area contributed by atoms with Gasteiger partial charge in [0, 0.05) is 17.9 Å². The number of hydrogen-bond donors (Lipinski definition) is 2. The molecule has 96 valence electrons. The van der Waals surface area contributed by atoms with E-state index in [0.29, 0.717) is 18.7 Å². The number of nitrogen functional groups attached to an aromatic ring is 1. The molecule has 0 saturated heterocycles. The predicted octanol–water partition coefficient (Wildman–Crippen LogP) is 1.72. The maximum absolute atomic E-state index is 11.3. The van der Waals surface area contributed by atoms with Crippen LogP contribution < -0.4 is 10.6 Å². The Morgan fingerprint density at radius 1 is 1.29 bits per heavy atom. The quantitative estimate of drug-likeness (QED) is 0.620. The van der Waals surface area contributed by atoms with Crippen molar-refractivity contribution in [3.05, 3.63) is 24.3 Å². The molecule has 1 atom stereocenters. The zero-order valence-electron chi connectivity index (χ0n) is 10.00. The third kappa shape index (κ3) is 3.34. The van der Waals surface area contributed by atoms with E-state index < -0.39 is 15.5 Å². The minimum atomic E-state index is -4.09. The molecule has 5 nitrogen and oxygen atoms in total. The summed E-state index contributed by atoms with van der Waals surface area (Å²) in [7, 11) is -4.09. The van der Waals surface area contributed by atoms with Gasteiger partial charge in [-0.25, -0.2) is 0 Å². The Morgan fingerprint density at radius 2 is 1.82 bits per heavy atom. The smallest absolute Gasteiger partial charge is 0.286 e. The van der Waals surface area contributed by atoms with Crippen LogP contribution in [0.25, 0.3) is 0 Å². The van der Waals surface area contributed by atoms with Crippen LogP contribution in [0.2, 0.25) is 0 Å². The van der Waals surface area contributed by atoms with Crippen LogP contribution in [0.5, 0.6) is 0 Å². The third-order valence-electron chi connectivity index (χ3n) is 2.61. The Balaban J connectivity index is 3.10. The topological polar surface area (TPSA) is 83.6 Å². The normalized spacial score (nSPS) is 13.4. The summed E-state index contributed by atoms with van der Waals surface area (Å²) in [5, 5.41) is -0.920. The minimum absolute atomic E-state index is 0.317. The molecule has 0 fully saturated rings. The van der Waals surface area contributed by atoms with Gasteiger partial charge in [-0.05, 0) is 37.6 Å². The molecule has 0 aliphatic rings. The van der Waals surface area contributed by atoms with Crippen molar-refractivity contribution >= 4 is 21.5 Å². The van der Waals surface area contributed by atoms with E-state index in [1.807, 2.05) is 6.92 Å². The summed E-state index contributed by atoms with van der Waals surface area (Å²) in [6.45, 7) is 4.05. The molecule has 6 heteroatoms. The SMILES string of the molecule is CCC(N(CC)c1ccc(N)cc1)S(=O)(=O)O. The van der Waals surface area contributed by atoms with Crippen molar-refractivity contribution in [3.8, 4) is 0 Å². The van der Waals surface area contributed by atoms with Crippen molar-refractivity contribution in [1.82, 2.24) is 0 Å². The number of anilines is 2. The Morgan fingerprint density at radius 3 is 2.18 bits per heavy atom. The van der Waals surface area contributed by atoms with E-state index in [9.17, 15) is 13.0 Å². The minimum Gasteiger partial charge on any atom is -0.399 e. The number of hydrogen-bond acceptors (Lipinski definition) is 4. The highest BCUT2D eigenvalue weighted by atomic mass is 32.2. The van der Waals surface area contributed by atoms with Crippen molar-refractivity contribution in [2.24, 2.45) is 0 Å². The summed E-state index contributed by atoms with van der Waals surface area (Å²) in [5.74, 6) is 0. The van der Waals surface area contributed by atoms with Gasteiger partial charge in [0.05, 0.1) is 0 Å². The first-order valence-corrected chi connectivity index (χ1v) is 6.99. The molecule has 0 radical (unpaired) electrons. The number of nitrogens with zero attached hydrogens (tertiary/aromatic N) is 1. The summed E-state index contributed by atoms with van der Waals surface area (Å²) >= 11 is 0. The summed E-state index contributed by atoms with van der Waals surface area (Å²) in [6, 6.07) is 6.89. The summed E-state index contributed by atoms with van der Waals surface area (Å²) in [6.07, 6.45) is 0.317. The van der Waals surface area contributed by atoms with Gasteiger partial charge in [0.15, 0.2) is 5.37 Å². The lowest BCUT2D eigenvalue weighted by molar-refractivity contribution is 0.460. The van der Waals surface area contributed by atoms with Gasteiger partial charge in [-0.1, -0.05) is 6.92 Å². The zero-order valence-corrected chi connectivity index (χ0v) is 10.8. The Labute approximate surface area is 102 Å². The molecule has 0 spiro atoms. The lowest BCUT2D eigenvalue weighted by atomic mass is 10.2. The molecule has 0 aliphatic carbocycles. The summed E-state index contributed by atoms with van der Waals surface area (Å²) < 4.78 is 31.8. The van der Waals surface area contributed by atoms with Crippen LogP contribution in [0.15, 0.2) is 24.3 Å². The second-order valence-corrected chi connectivity index (χ2v) is 5.33. The third-order valence-corrected chi connectivity index (χ3v) is 3.88. The van der Waals surface area contributed by atoms with Crippen LogP contribution in [0.4, 0.5) is 11.4 Å². The molecular formula is C11H18N2O3S. The molecule has 1 rings (SSSR count). The highest BCUT2D eigenvalue weighted by Gasteiger charge is 2.27. The van der Waals surface area contributed by atoms with E-state index in [0.717, 1.165) is 5.69 Å². The van der Waals surface area contributed by atoms with Gasteiger partial charge in [-0.15, -0.1) is 0 Å². The number of benzene rings is 1. The van der Waals surface area contributed by atoms with E-state index in [1.165, 1.54) is 0 Å². The van der Waals surface area contributed by atoms with E-state index in [1.54, 1.807) is 36.1 Å². The molecule has 17 heavy (non-hydrogen) atoms. The average molecular weight is 258 g/mol. The monoisotopic (exact) mass is 258 g/mol. The second-order valence-electron chi connectivity index (χ2n) is 3.76. The average Bonchev–Trinajstić information content (AvgIpc) is 2.25.